The van der Waals surface area contributed by atoms with Crippen LogP contribution in [0.5, 0.6) is 0 Å². The van der Waals surface area contributed by atoms with E-state index < -0.39 is 17.9 Å². The number of carbonyl (C=O) groups excluding carboxylic acids is 1. The van der Waals surface area contributed by atoms with Crippen LogP contribution in [0.2, 0.25) is 0 Å². The second kappa shape index (κ2) is 5.13. The largest absolute Gasteiger partial charge is 0.480 e. The molecule has 0 radical (unpaired) electrons. The van der Waals surface area contributed by atoms with Crippen molar-refractivity contribution in [3.05, 3.63) is 0 Å². The smallest absolute Gasteiger partial charge is 0.327 e. The Morgan fingerprint density at radius 2 is 2.42 bits per heavy atom. The number of rotatable bonds is 5. The Hall–Kier alpha value is -1.57. The van der Waals surface area contributed by atoms with Crippen LogP contribution in [0.15, 0.2) is 0 Å². The molecule has 1 amide bonds. The first-order valence-electron chi connectivity index (χ1n) is 3.49. The molecule has 2 atom stereocenters. The zero-order chi connectivity index (χ0) is 9.56. The number of carbonyl (C=O) groups is 2. The zero-order valence-electron chi connectivity index (χ0n) is 6.65. The van der Waals surface area contributed by atoms with Gasteiger partial charge in [0.15, 0.2) is 0 Å². The van der Waals surface area contributed by atoms with Gasteiger partial charge in [0.2, 0.25) is 6.41 Å². The maximum atomic E-state index is 10.5. The Morgan fingerprint density at radius 1 is 1.83 bits per heavy atom. The lowest BCUT2D eigenvalue weighted by Crippen LogP contribution is -2.41. The summed E-state index contributed by atoms with van der Waals surface area (Å²) < 4.78 is 0. The number of nitrogens with zero attached hydrogens (tertiary/aromatic N) is 1. The third-order valence-corrected chi connectivity index (χ3v) is 1.52. The molecule has 2 N–H and O–H groups in total. The molecule has 0 saturated carbocycles. The van der Waals surface area contributed by atoms with Crippen LogP contribution in [-0.4, -0.2) is 23.5 Å². The van der Waals surface area contributed by atoms with Gasteiger partial charge in [0.05, 0.1) is 12.0 Å². The van der Waals surface area contributed by atoms with Gasteiger partial charge >= 0.3 is 5.97 Å². The Bertz CT molecular complexity index is 209. The molecule has 0 aromatic rings. The molecule has 0 heterocycles. The average Bonchev–Trinajstić information content (AvgIpc) is 2.05. The fourth-order valence-electron chi connectivity index (χ4n) is 0.834. The second-order valence-corrected chi connectivity index (χ2v) is 2.24. The molecule has 0 rings (SSSR count). The molecule has 0 spiro atoms. The molecule has 2 unspecified atom stereocenters. The van der Waals surface area contributed by atoms with Crippen molar-refractivity contribution in [3.63, 3.8) is 0 Å². The minimum Gasteiger partial charge on any atom is -0.480 e. The average molecular weight is 170 g/mol. The summed E-state index contributed by atoms with van der Waals surface area (Å²) in [5.74, 6) is -1.86. The molecule has 5 nitrogen and oxygen atoms in total. The van der Waals surface area contributed by atoms with Gasteiger partial charge in [0.1, 0.15) is 6.04 Å². The first-order valence-corrected chi connectivity index (χ1v) is 3.49. The van der Waals surface area contributed by atoms with Gasteiger partial charge < -0.3 is 10.4 Å². The molecule has 0 aliphatic rings. The van der Waals surface area contributed by atoms with Crippen LogP contribution in [0, 0.1) is 17.2 Å². The quantitative estimate of drug-likeness (QED) is 0.556. The Labute approximate surface area is 70.0 Å². The van der Waals surface area contributed by atoms with Crippen LogP contribution in [0.3, 0.4) is 0 Å². The number of carboxylic acids is 1. The van der Waals surface area contributed by atoms with Gasteiger partial charge in [-0.25, -0.2) is 4.79 Å². The van der Waals surface area contributed by atoms with E-state index in [1.54, 1.807) is 6.92 Å². The highest BCUT2D eigenvalue weighted by Gasteiger charge is 2.25. The van der Waals surface area contributed by atoms with Crippen molar-refractivity contribution in [2.75, 3.05) is 0 Å². The van der Waals surface area contributed by atoms with Gasteiger partial charge in [-0.15, -0.1) is 0 Å². The summed E-state index contributed by atoms with van der Waals surface area (Å²) in [7, 11) is 0. The van der Waals surface area contributed by atoms with E-state index in [0.717, 1.165) is 0 Å². The van der Waals surface area contributed by atoms with Gasteiger partial charge in [0.25, 0.3) is 0 Å². The van der Waals surface area contributed by atoms with Crippen molar-refractivity contribution >= 4 is 12.4 Å². The highest BCUT2D eigenvalue weighted by molar-refractivity contribution is 5.77. The normalized spacial score (nSPS) is 14.0. The number of hydrogen-bond acceptors (Lipinski definition) is 3. The van der Waals surface area contributed by atoms with Gasteiger partial charge in [-0.3, -0.25) is 4.79 Å². The van der Waals surface area contributed by atoms with Crippen LogP contribution in [0.1, 0.15) is 13.3 Å². The maximum Gasteiger partial charge on any atom is 0.327 e. The van der Waals surface area contributed by atoms with Crippen LogP contribution in [0.25, 0.3) is 0 Å². The van der Waals surface area contributed by atoms with Gasteiger partial charge in [-0.05, 0) is 6.42 Å². The molecule has 0 aliphatic carbocycles. The van der Waals surface area contributed by atoms with Crippen LogP contribution >= 0.6 is 0 Å². The van der Waals surface area contributed by atoms with E-state index in [4.69, 9.17) is 10.4 Å². The summed E-state index contributed by atoms with van der Waals surface area (Å²) in [6, 6.07) is 0.716. The Balaban J connectivity index is 4.37. The van der Waals surface area contributed by atoms with E-state index in [-0.39, 0.29) is 0 Å². The predicted molar refractivity (Wildman–Crippen MR) is 40.0 cm³/mol. The third-order valence-electron chi connectivity index (χ3n) is 1.52. The topological polar surface area (TPSA) is 90.2 Å². The van der Waals surface area contributed by atoms with Crippen LogP contribution in [0.4, 0.5) is 0 Å². The fourth-order valence-corrected chi connectivity index (χ4v) is 0.834. The highest BCUT2D eigenvalue weighted by atomic mass is 16.4. The molecular formula is C7H10N2O3. The first-order chi connectivity index (χ1) is 5.67. The summed E-state index contributed by atoms with van der Waals surface area (Å²) in [5, 5.41) is 19.1. The number of nitrogens with one attached hydrogen (secondary N) is 1. The molecule has 66 valence electrons. The first kappa shape index (κ1) is 10.4. The van der Waals surface area contributed by atoms with Crippen LogP contribution in [-0.2, 0) is 9.59 Å². The number of nitriles is 1. The monoisotopic (exact) mass is 170 g/mol. The van der Waals surface area contributed by atoms with Gasteiger partial charge in [0, 0.05) is 0 Å². The number of hydrogen-bond donors (Lipinski definition) is 2. The van der Waals surface area contributed by atoms with E-state index >= 15 is 0 Å². The highest BCUT2D eigenvalue weighted by Crippen LogP contribution is 2.06. The Kier molecular flexibility index (Phi) is 4.46. The molecule has 5 heteroatoms. The number of aliphatic carboxylic acids is 1. The molecule has 0 aromatic heterocycles. The fraction of sp³-hybridized carbons (Fsp3) is 0.571. The van der Waals surface area contributed by atoms with E-state index in [1.165, 1.54) is 0 Å². The molecule has 0 saturated heterocycles. The van der Waals surface area contributed by atoms with Crippen molar-refractivity contribution < 1.29 is 14.7 Å². The summed E-state index contributed by atoms with van der Waals surface area (Å²) in [5.41, 5.74) is 0. The Morgan fingerprint density at radius 3 is 2.67 bits per heavy atom. The minimum absolute atomic E-state index is 0.290. The predicted octanol–water partition coefficient (Wildman–Crippen LogP) is -0.265. The molecule has 0 aromatic carbocycles. The molecule has 0 fully saturated rings. The summed E-state index contributed by atoms with van der Waals surface area (Å²) >= 11 is 0. The van der Waals surface area contributed by atoms with Crippen molar-refractivity contribution in [3.8, 4) is 6.07 Å². The second-order valence-electron chi connectivity index (χ2n) is 2.24. The summed E-state index contributed by atoms with van der Waals surface area (Å²) in [4.78, 5) is 20.4. The van der Waals surface area contributed by atoms with E-state index in [0.29, 0.717) is 12.8 Å². The lowest BCUT2D eigenvalue weighted by atomic mass is 9.99. The zero-order valence-corrected chi connectivity index (χ0v) is 6.65. The van der Waals surface area contributed by atoms with Crippen molar-refractivity contribution in [2.45, 2.75) is 19.4 Å². The maximum absolute atomic E-state index is 10.5. The van der Waals surface area contributed by atoms with Gasteiger partial charge in [-0.2, -0.15) is 5.26 Å². The SMILES string of the molecule is CCC(C#N)C(NC=O)C(=O)O. The lowest BCUT2D eigenvalue weighted by Gasteiger charge is -2.14. The van der Waals surface area contributed by atoms with Crippen molar-refractivity contribution in [1.82, 2.24) is 5.32 Å². The molecule has 0 aliphatic heterocycles. The lowest BCUT2D eigenvalue weighted by molar-refractivity contribution is -0.141. The van der Waals surface area contributed by atoms with Crippen molar-refractivity contribution in [2.24, 2.45) is 5.92 Å². The summed E-state index contributed by atoms with van der Waals surface area (Å²) in [6.07, 6.45) is 0.688. The molecule has 0 bridgehead atoms. The summed E-state index contributed by atoms with van der Waals surface area (Å²) in [6.45, 7) is 1.69. The van der Waals surface area contributed by atoms with E-state index in [9.17, 15) is 9.59 Å². The van der Waals surface area contributed by atoms with Crippen LogP contribution < -0.4 is 5.32 Å². The van der Waals surface area contributed by atoms with Crippen molar-refractivity contribution in [1.29, 1.82) is 5.26 Å². The minimum atomic E-state index is -1.18. The van der Waals surface area contributed by atoms with Gasteiger partial charge in [-0.1, -0.05) is 6.92 Å². The molecule has 12 heavy (non-hydrogen) atoms. The van der Waals surface area contributed by atoms with E-state index in [2.05, 4.69) is 5.32 Å². The number of amides is 1. The molecular weight excluding hydrogens is 160 g/mol. The van der Waals surface area contributed by atoms with E-state index in [1.807, 2.05) is 6.07 Å². The number of carboxylic acid groups (broad SMARTS) is 1. The standard InChI is InChI=1S/C7H10N2O3/c1-2-5(3-8)6(7(11)12)9-4-10/h4-6H,2H2,1H3,(H,9,10)(H,11,12). The third kappa shape index (κ3) is 2.58.